The van der Waals surface area contributed by atoms with E-state index in [-0.39, 0.29) is 11.0 Å². The van der Waals surface area contributed by atoms with Gasteiger partial charge in [-0.05, 0) is 25.5 Å². The Labute approximate surface area is 154 Å². The molecule has 0 radical (unpaired) electrons. The molecule has 1 saturated heterocycles. The van der Waals surface area contributed by atoms with Crippen LogP contribution in [-0.4, -0.2) is 51.1 Å². The van der Waals surface area contributed by atoms with Gasteiger partial charge in [0, 0.05) is 11.3 Å². The highest BCUT2D eigenvalue weighted by Gasteiger charge is 2.49. The fraction of sp³-hybridized carbons (Fsp3) is 0.500. The van der Waals surface area contributed by atoms with Crippen molar-refractivity contribution in [2.24, 2.45) is 0 Å². The van der Waals surface area contributed by atoms with Crippen LogP contribution in [-0.2, 0) is 14.3 Å². The average Bonchev–Trinajstić information content (AvgIpc) is 2.62. The number of aliphatic hydroxyl groups excluding tert-OH is 2. The summed E-state index contributed by atoms with van der Waals surface area (Å²) in [6, 6.07) is 9.87. The molecule has 1 aromatic carbocycles. The summed E-state index contributed by atoms with van der Waals surface area (Å²) in [7, 11) is 0. The van der Waals surface area contributed by atoms with Crippen LogP contribution in [0.3, 0.4) is 0 Å². The van der Waals surface area contributed by atoms with Gasteiger partial charge in [0.05, 0.1) is 16.3 Å². The second-order valence-corrected chi connectivity index (χ2v) is 8.93. The van der Waals surface area contributed by atoms with Crippen LogP contribution in [0.1, 0.15) is 19.8 Å². The summed E-state index contributed by atoms with van der Waals surface area (Å²) < 4.78 is 11.6. The van der Waals surface area contributed by atoms with Crippen molar-refractivity contribution >= 4 is 29.3 Å². The van der Waals surface area contributed by atoms with E-state index in [1.807, 2.05) is 30.3 Å². The molecule has 1 fully saturated rings. The first-order valence-electron chi connectivity index (χ1n) is 8.38. The highest BCUT2D eigenvalue weighted by molar-refractivity contribution is 8.05. The summed E-state index contributed by atoms with van der Waals surface area (Å²) >= 11 is 2.86. The first-order chi connectivity index (χ1) is 12.0. The molecule has 5 nitrogen and oxygen atoms in total. The molecule has 4 rings (SSSR count). The molecule has 1 aromatic rings. The predicted molar refractivity (Wildman–Crippen MR) is 96.2 cm³/mol. The van der Waals surface area contributed by atoms with E-state index in [4.69, 9.17) is 9.47 Å². The Morgan fingerprint density at radius 3 is 2.72 bits per heavy atom. The Balaban J connectivity index is 1.53. The van der Waals surface area contributed by atoms with Gasteiger partial charge in [-0.25, -0.2) is 0 Å². The van der Waals surface area contributed by atoms with Gasteiger partial charge in [0.1, 0.15) is 23.2 Å². The third-order valence-corrected chi connectivity index (χ3v) is 7.44. The van der Waals surface area contributed by atoms with Crippen LogP contribution in [0, 0.1) is 0 Å². The molecule has 0 saturated carbocycles. The third-order valence-electron chi connectivity index (χ3n) is 4.72. The van der Waals surface area contributed by atoms with Crippen LogP contribution < -0.4 is 0 Å². The first kappa shape index (κ1) is 17.4. The van der Waals surface area contributed by atoms with Gasteiger partial charge in [-0.2, -0.15) is 0 Å². The second-order valence-electron chi connectivity index (χ2n) is 6.47. The highest BCUT2D eigenvalue weighted by Crippen LogP contribution is 2.47. The number of hydrogen-bond acceptors (Lipinski definition) is 7. The molecule has 25 heavy (non-hydrogen) atoms. The minimum Gasteiger partial charge on any atom is -0.467 e. The van der Waals surface area contributed by atoms with Crippen molar-refractivity contribution in [2.45, 2.75) is 59.8 Å². The Morgan fingerprint density at radius 2 is 1.96 bits per heavy atom. The zero-order chi connectivity index (χ0) is 17.6. The molecule has 6 unspecified atom stereocenters. The van der Waals surface area contributed by atoms with E-state index in [1.165, 1.54) is 11.8 Å². The van der Waals surface area contributed by atoms with Crippen LogP contribution in [0.4, 0.5) is 0 Å². The normalized spacial score (nSPS) is 38.0. The van der Waals surface area contributed by atoms with E-state index < -0.39 is 29.9 Å². The number of carbonyl (C=O) groups is 1. The van der Waals surface area contributed by atoms with Crippen molar-refractivity contribution in [1.29, 1.82) is 0 Å². The Kier molecular flexibility index (Phi) is 4.85. The van der Waals surface area contributed by atoms with Gasteiger partial charge in [0.25, 0.3) is 0 Å². The summed E-state index contributed by atoms with van der Waals surface area (Å²) in [6.45, 7) is 1.71. The monoisotopic (exact) mass is 380 g/mol. The van der Waals surface area contributed by atoms with Gasteiger partial charge in [-0.1, -0.05) is 18.2 Å². The maximum atomic E-state index is 12.9. The quantitative estimate of drug-likeness (QED) is 0.815. The molecule has 2 heterocycles. The smallest absolute Gasteiger partial charge is 0.214 e. The van der Waals surface area contributed by atoms with Gasteiger partial charge in [0.15, 0.2) is 5.78 Å². The van der Waals surface area contributed by atoms with E-state index >= 15 is 0 Å². The van der Waals surface area contributed by atoms with Crippen molar-refractivity contribution in [3.8, 4) is 0 Å². The number of benzene rings is 1. The first-order valence-corrected chi connectivity index (χ1v) is 10.1. The third kappa shape index (κ3) is 3.24. The van der Waals surface area contributed by atoms with Crippen LogP contribution in [0.15, 0.2) is 45.9 Å². The number of ketones is 1. The minimum atomic E-state index is -0.984. The highest BCUT2D eigenvalue weighted by atomic mass is 32.2. The van der Waals surface area contributed by atoms with Gasteiger partial charge in [-0.3, -0.25) is 4.79 Å². The number of fused-ring (bicyclic) bond motifs is 1. The topological polar surface area (TPSA) is 76.0 Å². The van der Waals surface area contributed by atoms with Crippen LogP contribution in [0.2, 0.25) is 0 Å². The lowest BCUT2D eigenvalue weighted by Crippen LogP contribution is -2.57. The lowest BCUT2D eigenvalue weighted by atomic mass is 10.0. The largest absolute Gasteiger partial charge is 0.467 e. The Hall–Kier alpha value is -0.990. The number of carbonyl (C=O) groups excluding carboxylic acids is 1. The molecule has 0 spiro atoms. The molecule has 2 N–H and O–H groups in total. The molecule has 134 valence electrons. The Morgan fingerprint density at radius 1 is 1.20 bits per heavy atom. The van der Waals surface area contributed by atoms with Crippen molar-refractivity contribution < 1.29 is 24.5 Å². The number of rotatable bonds is 2. The van der Waals surface area contributed by atoms with Crippen molar-refractivity contribution in [3.63, 3.8) is 0 Å². The summed E-state index contributed by atoms with van der Waals surface area (Å²) in [5, 5.41) is 19.8. The predicted octanol–water partition coefficient (Wildman–Crippen LogP) is 2.32. The fourth-order valence-electron chi connectivity index (χ4n) is 3.30. The zero-order valence-corrected chi connectivity index (χ0v) is 15.3. The number of allylic oxidation sites excluding steroid dienone is 2. The molecule has 3 aliphatic rings. The number of Topliss-reactive ketones (excluding diaryl/α,β-unsaturated/α-hetero) is 1. The summed E-state index contributed by atoms with van der Waals surface area (Å²) in [6.07, 6.45) is -1.69. The van der Waals surface area contributed by atoms with E-state index in [9.17, 15) is 15.0 Å². The van der Waals surface area contributed by atoms with Gasteiger partial charge < -0.3 is 19.7 Å². The van der Waals surface area contributed by atoms with Gasteiger partial charge in [-0.15, -0.1) is 23.5 Å². The van der Waals surface area contributed by atoms with Crippen molar-refractivity contribution in [2.75, 3.05) is 0 Å². The SMILES string of the molecule is CC1OC2OC3=C(SC2C(O)C1O)C(=O)C(Sc1ccccc1)CC3. The van der Waals surface area contributed by atoms with E-state index in [2.05, 4.69) is 0 Å². The Bertz CT molecular complexity index is 692. The van der Waals surface area contributed by atoms with Gasteiger partial charge in [0.2, 0.25) is 6.29 Å². The molecule has 6 atom stereocenters. The molecule has 7 heteroatoms. The van der Waals surface area contributed by atoms with Crippen LogP contribution >= 0.6 is 23.5 Å². The molecule has 2 aliphatic heterocycles. The van der Waals surface area contributed by atoms with E-state index in [1.54, 1.807) is 18.7 Å². The van der Waals surface area contributed by atoms with E-state index in [0.717, 1.165) is 11.3 Å². The zero-order valence-electron chi connectivity index (χ0n) is 13.7. The number of thioether (sulfide) groups is 2. The molecule has 0 aromatic heterocycles. The fourth-order valence-corrected chi connectivity index (χ4v) is 5.82. The molecular weight excluding hydrogens is 360 g/mol. The summed E-state index contributed by atoms with van der Waals surface area (Å²) in [4.78, 5) is 14.6. The standard InChI is InChI=1S/C18H20O5S2/c1-9-13(19)15(21)17-18(22-9)23-11-7-8-12(14(20)16(11)25-17)24-10-5-3-2-4-6-10/h2-6,9,12-13,15,17-19,21H,7-8H2,1H3. The second kappa shape index (κ2) is 6.96. The maximum absolute atomic E-state index is 12.9. The average molecular weight is 380 g/mol. The number of ether oxygens (including phenoxy) is 2. The maximum Gasteiger partial charge on any atom is 0.214 e. The van der Waals surface area contributed by atoms with Crippen molar-refractivity contribution in [1.82, 2.24) is 0 Å². The molecular formula is C18H20O5S2. The van der Waals surface area contributed by atoms with Gasteiger partial charge >= 0.3 is 0 Å². The minimum absolute atomic E-state index is 0.0406. The summed E-state index contributed by atoms with van der Waals surface area (Å²) in [5.41, 5.74) is 0. The van der Waals surface area contributed by atoms with Crippen LogP contribution in [0.25, 0.3) is 0 Å². The number of hydrogen-bond donors (Lipinski definition) is 2. The molecule has 1 aliphatic carbocycles. The number of aliphatic hydroxyl groups is 2. The summed E-state index contributed by atoms with van der Waals surface area (Å²) in [5.74, 6) is 0.704. The lowest BCUT2D eigenvalue weighted by molar-refractivity contribution is -0.231. The van der Waals surface area contributed by atoms with Crippen molar-refractivity contribution in [3.05, 3.63) is 41.0 Å². The lowest BCUT2D eigenvalue weighted by Gasteiger charge is -2.45. The van der Waals surface area contributed by atoms with Crippen LogP contribution in [0.5, 0.6) is 0 Å². The van der Waals surface area contributed by atoms with E-state index in [0.29, 0.717) is 17.1 Å². The molecule has 0 amide bonds. The molecule has 0 bridgehead atoms.